The van der Waals surface area contributed by atoms with Gasteiger partial charge in [-0.15, -0.1) is 0 Å². The molecule has 0 aliphatic carbocycles. The van der Waals surface area contributed by atoms with Gasteiger partial charge in [0.15, 0.2) is 0 Å². The Hall–Kier alpha value is -2.86. The molecule has 1 aromatic heterocycles. The van der Waals surface area contributed by atoms with Crippen molar-refractivity contribution in [3.63, 3.8) is 0 Å². The molecule has 140 valence electrons. The molecular formula is C21H23N3O2S. The van der Waals surface area contributed by atoms with Crippen LogP contribution in [0.2, 0.25) is 0 Å². The van der Waals surface area contributed by atoms with Crippen LogP contribution in [0.4, 0.5) is 17.2 Å². The third-order valence-corrected chi connectivity index (χ3v) is 5.81. The van der Waals surface area contributed by atoms with Crippen molar-refractivity contribution < 1.29 is 8.42 Å². The molecule has 27 heavy (non-hydrogen) atoms. The van der Waals surface area contributed by atoms with E-state index in [1.54, 1.807) is 31.2 Å². The van der Waals surface area contributed by atoms with Gasteiger partial charge in [-0.25, -0.2) is 13.4 Å². The summed E-state index contributed by atoms with van der Waals surface area (Å²) in [7, 11) is -3.66. The number of anilines is 3. The molecule has 0 fully saturated rings. The number of nitrogens with zero attached hydrogens (tertiary/aromatic N) is 1. The Kier molecular flexibility index (Phi) is 5.46. The second-order valence-corrected chi connectivity index (χ2v) is 8.13. The third-order valence-electron chi connectivity index (χ3n) is 4.28. The molecule has 0 unspecified atom stereocenters. The maximum absolute atomic E-state index is 12.7. The predicted octanol–water partition coefficient (Wildman–Crippen LogP) is 4.81. The lowest BCUT2D eigenvalue weighted by molar-refractivity contribution is 0.600. The number of hydrogen-bond acceptors (Lipinski definition) is 4. The maximum Gasteiger partial charge on any atom is 0.262 e. The molecule has 1 heterocycles. The first kappa shape index (κ1) is 18.9. The van der Waals surface area contributed by atoms with Crippen molar-refractivity contribution in [3.8, 4) is 0 Å². The Bertz CT molecular complexity index is 1030. The fourth-order valence-corrected chi connectivity index (χ4v) is 4.08. The van der Waals surface area contributed by atoms with E-state index in [0.717, 1.165) is 17.7 Å². The number of sulfonamides is 1. The number of benzene rings is 2. The summed E-state index contributed by atoms with van der Waals surface area (Å²) < 4.78 is 27.9. The second kappa shape index (κ2) is 7.80. The molecule has 0 saturated heterocycles. The molecule has 2 aromatic carbocycles. The topological polar surface area (TPSA) is 71.1 Å². The van der Waals surface area contributed by atoms with Crippen molar-refractivity contribution in [1.82, 2.24) is 4.98 Å². The van der Waals surface area contributed by atoms with Crippen molar-refractivity contribution in [2.24, 2.45) is 0 Å². The summed E-state index contributed by atoms with van der Waals surface area (Å²) in [5.74, 6) is 0.647. The number of hydrogen-bond donors (Lipinski definition) is 2. The normalized spacial score (nSPS) is 11.2. The summed E-state index contributed by atoms with van der Waals surface area (Å²) in [6.45, 7) is 5.76. The van der Waals surface area contributed by atoms with Gasteiger partial charge in [0, 0.05) is 5.69 Å². The first-order chi connectivity index (χ1) is 12.9. The molecule has 0 radical (unpaired) electrons. The van der Waals surface area contributed by atoms with Crippen LogP contribution in [-0.2, 0) is 16.4 Å². The molecule has 0 spiro atoms. The van der Waals surface area contributed by atoms with E-state index >= 15 is 0 Å². The van der Waals surface area contributed by atoms with E-state index in [-0.39, 0.29) is 4.90 Å². The van der Waals surface area contributed by atoms with E-state index < -0.39 is 10.0 Å². The monoisotopic (exact) mass is 381 g/mol. The minimum atomic E-state index is -3.66. The van der Waals surface area contributed by atoms with E-state index in [2.05, 4.69) is 34.1 Å². The predicted molar refractivity (Wildman–Crippen MR) is 110 cm³/mol. The molecule has 2 N–H and O–H groups in total. The molecule has 3 aromatic rings. The minimum absolute atomic E-state index is 0.278. The Morgan fingerprint density at radius 2 is 1.63 bits per heavy atom. The Labute approximate surface area is 160 Å². The number of aryl methyl sites for hydroxylation is 3. The number of rotatable bonds is 6. The highest BCUT2D eigenvalue weighted by atomic mass is 32.2. The molecule has 0 aliphatic rings. The van der Waals surface area contributed by atoms with Gasteiger partial charge in [-0.1, -0.05) is 31.2 Å². The molecule has 0 aliphatic heterocycles. The lowest BCUT2D eigenvalue weighted by atomic mass is 10.1. The minimum Gasteiger partial charge on any atom is -0.340 e. The lowest BCUT2D eigenvalue weighted by Crippen LogP contribution is -2.14. The number of nitrogens with one attached hydrogen (secondary N) is 2. The van der Waals surface area contributed by atoms with Crippen molar-refractivity contribution in [2.45, 2.75) is 32.1 Å². The largest absolute Gasteiger partial charge is 0.340 e. The Morgan fingerprint density at radius 3 is 2.26 bits per heavy atom. The van der Waals surface area contributed by atoms with Crippen molar-refractivity contribution in [1.29, 1.82) is 0 Å². The molecule has 0 bridgehead atoms. The zero-order valence-electron chi connectivity index (χ0n) is 15.7. The fraction of sp³-hybridized carbons (Fsp3) is 0.190. The summed E-state index contributed by atoms with van der Waals surface area (Å²) in [5, 5.41) is 3.21. The molecule has 0 amide bonds. The Morgan fingerprint density at radius 1 is 0.926 bits per heavy atom. The molecule has 3 rings (SSSR count). The lowest BCUT2D eigenvalue weighted by Gasteiger charge is -2.12. The van der Waals surface area contributed by atoms with Gasteiger partial charge in [0.25, 0.3) is 10.0 Å². The van der Waals surface area contributed by atoms with Gasteiger partial charge in [0.05, 0.1) is 16.8 Å². The van der Waals surface area contributed by atoms with E-state index in [1.807, 2.05) is 25.1 Å². The van der Waals surface area contributed by atoms with Crippen molar-refractivity contribution in [2.75, 3.05) is 10.0 Å². The molecule has 5 nitrogen and oxygen atoms in total. The number of pyridine rings is 1. The Balaban J connectivity index is 1.74. The fourth-order valence-electron chi connectivity index (χ4n) is 2.71. The SMILES string of the molecule is CCc1ccc(Nc2ccc(NS(=O)(=O)c3cc(C)ccc3C)cn2)cc1. The second-order valence-electron chi connectivity index (χ2n) is 6.48. The van der Waals surface area contributed by atoms with Crippen molar-refractivity contribution >= 4 is 27.2 Å². The molecule has 0 atom stereocenters. The van der Waals surface area contributed by atoms with Crippen LogP contribution in [0.25, 0.3) is 0 Å². The van der Waals surface area contributed by atoms with Crippen molar-refractivity contribution in [3.05, 3.63) is 77.5 Å². The van der Waals surface area contributed by atoms with Gasteiger partial charge in [0.1, 0.15) is 5.82 Å². The van der Waals surface area contributed by atoms with Gasteiger partial charge in [-0.3, -0.25) is 4.72 Å². The van der Waals surface area contributed by atoms with E-state index in [0.29, 0.717) is 17.1 Å². The smallest absolute Gasteiger partial charge is 0.262 e. The summed E-state index contributed by atoms with van der Waals surface area (Å²) in [6, 6.07) is 16.9. The van der Waals surface area contributed by atoms with Gasteiger partial charge >= 0.3 is 0 Å². The highest BCUT2D eigenvalue weighted by Gasteiger charge is 2.17. The zero-order chi connectivity index (χ0) is 19.4. The zero-order valence-corrected chi connectivity index (χ0v) is 16.5. The van der Waals surface area contributed by atoms with Crippen LogP contribution >= 0.6 is 0 Å². The molecule has 0 saturated carbocycles. The van der Waals surface area contributed by atoms with E-state index in [1.165, 1.54) is 11.8 Å². The van der Waals surface area contributed by atoms with Crippen LogP contribution in [0.15, 0.2) is 65.7 Å². The van der Waals surface area contributed by atoms with E-state index in [9.17, 15) is 8.42 Å². The van der Waals surface area contributed by atoms with Gasteiger partial charge in [-0.05, 0) is 67.3 Å². The van der Waals surface area contributed by atoms with Crippen LogP contribution in [0.5, 0.6) is 0 Å². The third kappa shape index (κ3) is 4.65. The summed E-state index contributed by atoms with van der Waals surface area (Å²) >= 11 is 0. The highest BCUT2D eigenvalue weighted by molar-refractivity contribution is 7.92. The first-order valence-corrected chi connectivity index (χ1v) is 10.3. The van der Waals surface area contributed by atoms with Crippen LogP contribution in [0, 0.1) is 13.8 Å². The van der Waals surface area contributed by atoms with Crippen LogP contribution in [0.3, 0.4) is 0 Å². The van der Waals surface area contributed by atoms with E-state index in [4.69, 9.17) is 0 Å². The maximum atomic E-state index is 12.7. The summed E-state index contributed by atoms with van der Waals surface area (Å²) in [4.78, 5) is 4.57. The van der Waals surface area contributed by atoms with Crippen LogP contribution < -0.4 is 10.0 Å². The number of aromatic nitrogens is 1. The van der Waals surface area contributed by atoms with Gasteiger partial charge in [0.2, 0.25) is 0 Å². The quantitative estimate of drug-likeness (QED) is 0.643. The van der Waals surface area contributed by atoms with Gasteiger partial charge in [-0.2, -0.15) is 0 Å². The first-order valence-electron chi connectivity index (χ1n) is 8.79. The van der Waals surface area contributed by atoms with Crippen LogP contribution in [-0.4, -0.2) is 13.4 Å². The van der Waals surface area contributed by atoms with Gasteiger partial charge < -0.3 is 5.32 Å². The average Bonchev–Trinajstić information content (AvgIpc) is 2.65. The summed E-state index contributed by atoms with van der Waals surface area (Å²) in [6.07, 6.45) is 2.50. The molecule has 6 heteroatoms. The summed E-state index contributed by atoms with van der Waals surface area (Å²) in [5.41, 5.74) is 4.22. The standard InChI is InChI=1S/C21H23N3O2S/c1-4-17-7-9-18(10-8-17)23-21-12-11-19(14-22-21)24-27(25,26)20-13-15(2)5-6-16(20)3/h5-14,24H,4H2,1-3H3,(H,22,23). The molecular weight excluding hydrogens is 358 g/mol. The average molecular weight is 382 g/mol. The highest BCUT2D eigenvalue weighted by Crippen LogP contribution is 2.22. The van der Waals surface area contributed by atoms with Crippen LogP contribution in [0.1, 0.15) is 23.6 Å².